The largest absolute Gasteiger partial charge is 0.439 e. The Morgan fingerprint density at radius 2 is 2.06 bits per heavy atom. The van der Waals surface area contributed by atoms with E-state index >= 15 is 0 Å². The molecule has 2 amide bonds. The number of nitrogens with zero attached hydrogens (tertiary/aromatic N) is 3. The van der Waals surface area contributed by atoms with Crippen molar-refractivity contribution in [2.75, 3.05) is 18.4 Å². The first kappa shape index (κ1) is 22.0. The van der Waals surface area contributed by atoms with Crippen LogP contribution in [0.25, 0.3) is 6.08 Å². The zero-order valence-corrected chi connectivity index (χ0v) is 19.7. The van der Waals surface area contributed by atoms with Crippen molar-refractivity contribution in [3.05, 3.63) is 82.2 Å². The molecule has 7 heteroatoms. The minimum Gasteiger partial charge on any atom is -0.439 e. The number of aromatic nitrogens is 2. The van der Waals surface area contributed by atoms with Gasteiger partial charge in [0.25, 0.3) is 0 Å². The first-order valence-electron chi connectivity index (χ1n) is 10.5. The summed E-state index contributed by atoms with van der Waals surface area (Å²) in [5.74, 6) is 1.56. The van der Waals surface area contributed by atoms with Crippen LogP contribution in [0, 0.1) is 12.8 Å². The van der Waals surface area contributed by atoms with Crippen LogP contribution in [0.15, 0.2) is 71.0 Å². The van der Waals surface area contributed by atoms with Gasteiger partial charge < -0.3 is 15.0 Å². The first-order valence-corrected chi connectivity index (χ1v) is 11.3. The highest BCUT2D eigenvalue weighted by molar-refractivity contribution is 9.10. The molecule has 0 aliphatic carbocycles. The number of rotatable bonds is 4. The summed E-state index contributed by atoms with van der Waals surface area (Å²) in [7, 11) is 0. The van der Waals surface area contributed by atoms with E-state index in [1.54, 1.807) is 12.4 Å². The molecule has 1 fully saturated rings. The minimum atomic E-state index is -0.0843. The van der Waals surface area contributed by atoms with Crippen LogP contribution in [0.2, 0.25) is 0 Å². The number of likely N-dealkylation sites (tertiary alicyclic amines) is 1. The number of piperidine rings is 1. The van der Waals surface area contributed by atoms with Gasteiger partial charge in [-0.2, -0.15) is 0 Å². The number of anilines is 1. The van der Waals surface area contributed by atoms with Crippen molar-refractivity contribution in [3.8, 4) is 11.6 Å². The molecule has 0 spiro atoms. The Balaban J connectivity index is 1.38. The summed E-state index contributed by atoms with van der Waals surface area (Å²) in [4.78, 5) is 23.0. The summed E-state index contributed by atoms with van der Waals surface area (Å²) in [6.45, 7) is 5.44. The summed E-state index contributed by atoms with van der Waals surface area (Å²) >= 11 is 3.38. The normalized spacial score (nSPS) is 17.3. The number of nitrogens with one attached hydrogen (secondary N) is 1. The molecule has 0 radical (unpaired) electrons. The van der Waals surface area contributed by atoms with Gasteiger partial charge in [0.2, 0.25) is 5.88 Å². The van der Waals surface area contributed by atoms with Crippen LogP contribution < -0.4 is 10.1 Å². The van der Waals surface area contributed by atoms with Crippen LogP contribution in [0.5, 0.6) is 11.6 Å². The molecular weight excluding hydrogens is 468 g/mol. The highest BCUT2D eigenvalue weighted by Gasteiger charge is 2.24. The number of hydrogen-bond donors (Lipinski definition) is 1. The number of halogens is 1. The summed E-state index contributed by atoms with van der Waals surface area (Å²) in [6.07, 6.45) is 6.43. The predicted octanol–water partition coefficient (Wildman–Crippen LogP) is 6.30. The molecular formula is C25H25BrN4O2. The van der Waals surface area contributed by atoms with Crippen molar-refractivity contribution in [3.63, 3.8) is 0 Å². The van der Waals surface area contributed by atoms with Gasteiger partial charge in [-0.1, -0.05) is 30.7 Å². The van der Waals surface area contributed by atoms with Crippen molar-refractivity contribution in [2.45, 2.75) is 20.3 Å². The molecule has 4 rings (SSSR count). The van der Waals surface area contributed by atoms with Gasteiger partial charge in [-0.25, -0.2) is 9.78 Å². The minimum absolute atomic E-state index is 0.0843. The van der Waals surface area contributed by atoms with Gasteiger partial charge in [-0.05, 0) is 71.1 Å². The standard InChI is InChI=1S/C25H25BrN4O2/c1-17-16-30(25(31)29-22-8-6-18(2)27-15-22)11-10-20(17)12-19-4-3-5-23(13-19)32-24-9-7-21(26)14-28-24/h3-9,12-15,17H,10-11,16H2,1-2H3,(H,29,31). The number of carbonyl (C=O) groups excluding carboxylic acids is 1. The van der Waals surface area contributed by atoms with E-state index in [0.717, 1.165) is 27.9 Å². The number of benzene rings is 1. The molecule has 164 valence electrons. The lowest BCUT2D eigenvalue weighted by atomic mass is 9.91. The van der Waals surface area contributed by atoms with Crippen LogP contribution in [0.4, 0.5) is 10.5 Å². The molecule has 3 heterocycles. The number of hydrogen-bond acceptors (Lipinski definition) is 4. The highest BCUT2D eigenvalue weighted by Crippen LogP contribution is 2.28. The van der Waals surface area contributed by atoms with E-state index in [1.807, 2.05) is 54.3 Å². The van der Waals surface area contributed by atoms with Crippen molar-refractivity contribution in [2.24, 2.45) is 5.92 Å². The zero-order chi connectivity index (χ0) is 22.5. The van der Waals surface area contributed by atoms with Gasteiger partial charge in [-0.3, -0.25) is 4.98 Å². The van der Waals surface area contributed by atoms with Gasteiger partial charge >= 0.3 is 6.03 Å². The maximum atomic E-state index is 12.6. The van der Waals surface area contributed by atoms with Gasteiger partial charge in [-0.15, -0.1) is 0 Å². The Bertz CT molecular complexity index is 1110. The molecule has 0 bridgehead atoms. The Labute approximate surface area is 196 Å². The topological polar surface area (TPSA) is 67.4 Å². The molecule has 1 aliphatic heterocycles. The van der Waals surface area contributed by atoms with E-state index < -0.39 is 0 Å². The lowest BCUT2D eigenvalue weighted by molar-refractivity contribution is 0.198. The third-order valence-electron chi connectivity index (χ3n) is 5.38. The Hall–Kier alpha value is -3.19. The smallest absolute Gasteiger partial charge is 0.321 e. The lowest BCUT2D eigenvalue weighted by Crippen LogP contribution is -2.42. The Kier molecular flexibility index (Phi) is 6.85. The van der Waals surface area contributed by atoms with E-state index in [2.05, 4.69) is 50.3 Å². The molecule has 0 saturated carbocycles. The van der Waals surface area contributed by atoms with Crippen LogP contribution in [0.3, 0.4) is 0 Å². The van der Waals surface area contributed by atoms with E-state index in [0.29, 0.717) is 24.7 Å². The molecule has 2 aromatic heterocycles. The molecule has 3 aromatic rings. The molecule has 6 nitrogen and oxygen atoms in total. The zero-order valence-electron chi connectivity index (χ0n) is 18.1. The summed E-state index contributed by atoms with van der Waals surface area (Å²) in [5, 5.41) is 2.94. The maximum Gasteiger partial charge on any atom is 0.321 e. The van der Waals surface area contributed by atoms with Gasteiger partial charge in [0.1, 0.15) is 5.75 Å². The predicted molar refractivity (Wildman–Crippen MR) is 130 cm³/mol. The molecule has 32 heavy (non-hydrogen) atoms. The second-order valence-electron chi connectivity index (χ2n) is 7.92. The fourth-order valence-corrected chi connectivity index (χ4v) is 3.85. The first-order chi connectivity index (χ1) is 15.5. The second-order valence-corrected chi connectivity index (χ2v) is 8.84. The average Bonchev–Trinajstić information content (AvgIpc) is 2.78. The van der Waals surface area contributed by atoms with E-state index in [4.69, 9.17) is 4.74 Å². The number of aryl methyl sites for hydroxylation is 1. The molecule has 1 atom stereocenters. The molecule has 1 saturated heterocycles. The van der Waals surface area contributed by atoms with Crippen LogP contribution >= 0.6 is 15.9 Å². The number of urea groups is 1. The lowest BCUT2D eigenvalue weighted by Gasteiger charge is -2.33. The summed E-state index contributed by atoms with van der Waals surface area (Å²) in [6, 6.07) is 15.4. The third kappa shape index (κ3) is 5.73. The SMILES string of the molecule is Cc1ccc(NC(=O)N2CCC(=Cc3cccc(Oc4ccc(Br)cn4)c3)C(C)C2)cn1. The number of amides is 2. The monoisotopic (exact) mass is 492 g/mol. The average molecular weight is 493 g/mol. The van der Waals surface area contributed by atoms with Crippen molar-refractivity contribution in [1.29, 1.82) is 0 Å². The van der Waals surface area contributed by atoms with Crippen molar-refractivity contribution >= 4 is 33.7 Å². The fraction of sp³-hybridized carbons (Fsp3) is 0.240. The Morgan fingerprint density at radius 1 is 1.19 bits per heavy atom. The highest BCUT2D eigenvalue weighted by atomic mass is 79.9. The van der Waals surface area contributed by atoms with Gasteiger partial charge in [0.15, 0.2) is 0 Å². The van der Waals surface area contributed by atoms with Crippen LogP contribution in [0.1, 0.15) is 24.6 Å². The number of pyridine rings is 2. The van der Waals surface area contributed by atoms with E-state index in [1.165, 1.54) is 5.57 Å². The third-order valence-corrected chi connectivity index (χ3v) is 5.85. The Morgan fingerprint density at radius 3 is 2.78 bits per heavy atom. The van der Waals surface area contributed by atoms with Gasteiger partial charge in [0.05, 0.1) is 11.9 Å². The summed E-state index contributed by atoms with van der Waals surface area (Å²) < 4.78 is 6.79. The van der Waals surface area contributed by atoms with Crippen LogP contribution in [-0.2, 0) is 0 Å². The number of carbonyl (C=O) groups is 1. The van der Waals surface area contributed by atoms with Crippen molar-refractivity contribution < 1.29 is 9.53 Å². The molecule has 1 aliphatic rings. The quantitative estimate of drug-likeness (QED) is 0.464. The molecule has 1 aromatic carbocycles. The van der Waals surface area contributed by atoms with Crippen molar-refractivity contribution in [1.82, 2.24) is 14.9 Å². The molecule has 1 N–H and O–H groups in total. The summed E-state index contributed by atoms with van der Waals surface area (Å²) in [5.41, 5.74) is 4.04. The van der Waals surface area contributed by atoms with Crippen LogP contribution in [-0.4, -0.2) is 34.0 Å². The molecule has 1 unspecified atom stereocenters. The fourth-order valence-electron chi connectivity index (χ4n) is 3.62. The second kappa shape index (κ2) is 9.96. The van der Waals surface area contributed by atoms with E-state index in [9.17, 15) is 4.79 Å². The number of ether oxygens (including phenoxy) is 1. The van der Waals surface area contributed by atoms with Gasteiger partial charge in [0, 0.05) is 35.5 Å². The maximum absolute atomic E-state index is 12.6. The van der Waals surface area contributed by atoms with E-state index in [-0.39, 0.29) is 11.9 Å².